The van der Waals surface area contributed by atoms with Gasteiger partial charge in [-0.2, -0.15) is 0 Å². The van der Waals surface area contributed by atoms with Crippen molar-refractivity contribution in [2.45, 2.75) is 25.2 Å². The van der Waals surface area contributed by atoms with Crippen LogP contribution in [0.25, 0.3) is 0 Å². The van der Waals surface area contributed by atoms with E-state index in [1.807, 2.05) is 13.0 Å². The van der Waals surface area contributed by atoms with Crippen LogP contribution in [-0.4, -0.2) is 15.0 Å². The second-order valence-corrected chi connectivity index (χ2v) is 4.77. The summed E-state index contributed by atoms with van der Waals surface area (Å²) in [4.78, 5) is 0.346. The van der Waals surface area contributed by atoms with E-state index in [-0.39, 0.29) is 0 Å². The van der Waals surface area contributed by atoms with Gasteiger partial charge in [0.15, 0.2) is 0 Å². The first-order chi connectivity index (χ1) is 6.60. The maximum absolute atomic E-state index is 11.6. The lowest BCUT2D eigenvalue weighted by molar-refractivity contribution is 0.584. The first kappa shape index (κ1) is 11.2. The van der Waals surface area contributed by atoms with Crippen LogP contribution >= 0.6 is 0 Å². The summed E-state index contributed by atoms with van der Waals surface area (Å²) in [6.07, 6.45) is 0.843. The molecule has 0 amide bonds. The van der Waals surface area contributed by atoms with Crippen molar-refractivity contribution in [3.8, 4) is 0 Å². The predicted octanol–water partition coefficient (Wildman–Crippen LogP) is 1.55. The number of hydrogen-bond donors (Lipinski definition) is 1. The Balaban J connectivity index is 3.07. The standard InChI is InChI=1S/C10H15NO2S/c1-3-9-6-5-7-10(8-9)14(12,13)11-4-2/h5-8,11H,3-4H2,1-2H3. The van der Waals surface area contributed by atoms with Crippen molar-refractivity contribution in [3.63, 3.8) is 0 Å². The first-order valence-electron chi connectivity index (χ1n) is 4.68. The van der Waals surface area contributed by atoms with E-state index in [1.165, 1.54) is 0 Å². The molecule has 0 aromatic heterocycles. The van der Waals surface area contributed by atoms with Crippen molar-refractivity contribution in [2.24, 2.45) is 0 Å². The number of benzene rings is 1. The Hall–Kier alpha value is -0.870. The summed E-state index contributed by atoms with van der Waals surface area (Å²) in [5.41, 5.74) is 1.03. The molecule has 14 heavy (non-hydrogen) atoms. The van der Waals surface area contributed by atoms with Gasteiger partial charge < -0.3 is 0 Å². The number of hydrogen-bond acceptors (Lipinski definition) is 2. The highest BCUT2D eigenvalue weighted by Gasteiger charge is 2.11. The van der Waals surface area contributed by atoms with Crippen LogP contribution in [-0.2, 0) is 16.4 Å². The summed E-state index contributed by atoms with van der Waals surface area (Å²) in [6, 6.07) is 7.00. The van der Waals surface area contributed by atoms with Crippen molar-refractivity contribution >= 4 is 10.0 Å². The summed E-state index contributed by atoms with van der Waals surface area (Å²) < 4.78 is 25.6. The molecule has 1 rings (SSSR count). The van der Waals surface area contributed by atoms with E-state index in [9.17, 15) is 8.42 Å². The molecule has 1 aromatic rings. The molecule has 0 bridgehead atoms. The zero-order valence-corrected chi connectivity index (χ0v) is 9.26. The molecule has 4 heteroatoms. The normalized spacial score (nSPS) is 11.6. The van der Waals surface area contributed by atoms with E-state index in [2.05, 4.69) is 4.72 Å². The van der Waals surface area contributed by atoms with Gasteiger partial charge in [0.05, 0.1) is 4.90 Å². The lowest BCUT2D eigenvalue weighted by Gasteiger charge is -2.05. The molecular weight excluding hydrogens is 198 g/mol. The van der Waals surface area contributed by atoms with E-state index in [1.54, 1.807) is 25.1 Å². The van der Waals surface area contributed by atoms with Crippen LogP contribution in [0.15, 0.2) is 29.2 Å². The predicted molar refractivity (Wildman–Crippen MR) is 56.7 cm³/mol. The Kier molecular flexibility index (Phi) is 3.66. The van der Waals surface area contributed by atoms with Gasteiger partial charge in [-0.3, -0.25) is 0 Å². The molecule has 0 fully saturated rings. The summed E-state index contributed by atoms with van der Waals surface area (Å²) in [7, 11) is -3.29. The molecule has 0 aliphatic rings. The molecule has 1 aromatic carbocycles. The molecule has 0 aliphatic carbocycles. The zero-order chi connectivity index (χ0) is 10.6. The van der Waals surface area contributed by atoms with Gasteiger partial charge in [0.25, 0.3) is 0 Å². The second-order valence-electron chi connectivity index (χ2n) is 3.00. The fourth-order valence-electron chi connectivity index (χ4n) is 1.21. The second kappa shape index (κ2) is 4.57. The molecule has 0 unspecified atom stereocenters. The van der Waals surface area contributed by atoms with Gasteiger partial charge in [-0.05, 0) is 24.1 Å². The third-order valence-electron chi connectivity index (χ3n) is 1.95. The topological polar surface area (TPSA) is 46.2 Å². The van der Waals surface area contributed by atoms with Gasteiger partial charge in [-0.1, -0.05) is 26.0 Å². The van der Waals surface area contributed by atoms with Gasteiger partial charge in [0.1, 0.15) is 0 Å². The number of nitrogens with one attached hydrogen (secondary N) is 1. The highest BCUT2D eigenvalue weighted by molar-refractivity contribution is 7.89. The molecule has 0 aliphatic heterocycles. The third kappa shape index (κ3) is 2.56. The van der Waals surface area contributed by atoms with Gasteiger partial charge in [0.2, 0.25) is 10.0 Å². The third-order valence-corrected chi connectivity index (χ3v) is 3.49. The minimum absolute atomic E-state index is 0.346. The van der Waals surface area contributed by atoms with Gasteiger partial charge in [-0.15, -0.1) is 0 Å². The number of aryl methyl sites for hydroxylation is 1. The van der Waals surface area contributed by atoms with E-state index in [0.717, 1.165) is 12.0 Å². The zero-order valence-electron chi connectivity index (χ0n) is 8.45. The molecule has 0 atom stereocenters. The summed E-state index contributed by atoms with van der Waals surface area (Å²) >= 11 is 0. The fraction of sp³-hybridized carbons (Fsp3) is 0.400. The summed E-state index contributed by atoms with van der Waals surface area (Å²) in [5, 5.41) is 0. The molecule has 3 nitrogen and oxygen atoms in total. The highest BCUT2D eigenvalue weighted by atomic mass is 32.2. The van der Waals surface area contributed by atoms with E-state index in [0.29, 0.717) is 11.4 Å². The molecule has 0 radical (unpaired) electrons. The van der Waals surface area contributed by atoms with Crippen molar-refractivity contribution in [1.29, 1.82) is 0 Å². The minimum atomic E-state index is -3.29. The van der Waals surface area contributed by atoms with Crippen LogP contribution in [0.2, 0.25) is 0 Å². The van der Waals surface area contributed by atoms with Crippen LogP contribution in [0.4, 0.5) is 0 Å². The van der Waals surface area contributed by atoms with Crippen molar-refractivity contribution < 1.29 is 8.42 Å². The molecule has 0 heterocycles. The van der Waals surface area contributed by atoms with E-state index >= 15 is 0 Å². The van der Waals surface area contributed by atoms with Crippen molar-refractivity contribution in [1.82, 2.24) is 4.72 Å². The largest absolute Gasteiger partial charge is 0.240 e. The van der Waals surface area contributed by atoms with E-state index < -0.39 is 10.0 Å². The van der Waals surface area contributed by atoms with Crippen molar-refractivity contribution in [3.05, 3.63) is 29.8 Å². The molecular formula is C10H15NO2S. The Morgan fingerprint density at radius 2 is 2.00 bits per heavy atom. The SMILES string of the molecule is CCNS(=O)(=O)c1cccc(CC)c1. The molecule has 78 valence electrons. The molecule has 0 spiro atoms. The van der Waals surface area contributed by atoms with Crippen LogP contribution in [0.3, 0.4) is 0 Å². The lowest BCUT2D eigenvalue weighted by Crippen LogP contribution is -2.23. The minimum Gasteiger partial charge on any atom is -0.211 e. The fourth-order valence-corrected chi connectivity index (χ4v) is 2.32. The van der Waals surface area contributed by atoms with Crippen LogP contribution in [0.5, 0.6) is 0 Å². The number of rotatable bonds is 4. The summed E-state index contributed by atoms with van der Waals surface area (Å²) in [6.45, 7) is 4.18. The van der Waals surface area contributed by atoms with Gasteiger partial charge >= 0.3 is 0 Å². The van der Waals surface area contributed by atoms with Gasteiger partial charge in [0, 0.05) is 6.54 Å². The van der Waals surface area contributed by atoms with Crippen LogP contribution in [0, 0.1) is 0 Å². The first-order valence-corrected chi connectivity index (χ1v) is 6.17. The Bertz CT molecular complexity index is 398. The average Bonchev–Trinajstić information content (AvgIpc) is 2.18. The van der Waals surface area contributed by atoms with Crippen LogP contribution < -0.4 is 4.72 Å². The summed E-state index contributed by atoms with van der Waals surface area (Å²) in [5.74, 6) is 0. The molecule has 0 saturated carbocycles. The maximum atomic E-state index is 11.6. The van der Waals surface area contributed by atoms with Crippen molar-refractivity contribution in [2.75, 3.05) is 6.54 Å². The molecule has 1 N–H and O–H groups in total. The Labute approximate surface area is 85.2 Å². The maximum Gasteiger partial charge on any atom is 0.240 e. The Morgan fingerprint density at radius 3 is 2.57 bits per heavy atom. The monoisotopic (exact) mass is 213 g/mol. The molecule has 0 saturated heterocycles. The number of sulfonamides is 1. The lowest BCUT2D eigenvalue weighted by atomic mass is 10.2. The van der Waals surface area contributed by atoms with E-state index in [4.69, 9.17) is 0 Å². The van der Waals surface area contributed by atoms with Crippen LogP contribution in [0.1, 0.15) is 19.4 Å². The Morgan fingerprint density at radius 1 is 1.29 bits per heavy atom. The quantitative estimate of drug-likeness (QED) is 0.824. The smallest absolute Gasteiger partial charge is 0.211 e. The van der Waals surface area contributed by atoms with Gasteiger partial charge in [-0.25, -0.2) is 13.1 Å². The highest BCUT2D eigenvalue weighted by Crippen LogP contribution is 2.11. The average molecular weight is 213 g/mol.